The second-order valence-corrected chi connectivity index (χ2v) is 4.71. The molecule has 0 amide bonds. The normalized spacial score (nSPS) is 21.8. The first-order valence-electron chi connectivity index (χ1n) is 6.10. The molecular formula is C11H21N7. The first-order valence-corrected chi connectivity index (χ1v) is 6.10. The molecule has 0 radical (unpaired) electrons. The quantitative estimate of drug-likeness (QED) is 0.488. The Morgan fingerprint density at radius 3 is 2.89 bits per heavy atom. The first-order chi connectivity index (χ1) is 8.69. The third kappa shape index (κ3) is 3.28. The minimum Gasteiger partial charge on any atom is -0.367 e. The molecule has 1 aromatic rings. The number of nitrogens with zero attached hydrogens (tertiary/aromatic N) is 4. The standard InChI is InChI=1S/C11H21N7/c1-17-3-4-18(2)9(8-17)5-14-10-6-13-7-11(15-10)16-12/h6-7,9H,3-5,8,12H2,1-2H3,(H2,14,15,16). The van der Waals surface area contributed by atoms with Gasteiger partial charge in [-0.2, -0.15) is 0 Å². The minimum absolute atomic E-state index is 0.486. The zero-order valence-corrected chi connectivity index (χ0v) is 10.9. The zero-order valence-electron chi connectivity index (χ0n) is 10.9. The molecule has 1 aromatic heterocycles. The van der Waals surface area contributed by atoms with Gasteiger partial charge >= 0.3 is 0 Å². The molecule has 1 saturated heterocycles. The number of hydrogen-bond acceptors (Lipinski definition) is 7. The molecular weight excluding hydrogens is 230 g/mol. The third-order valence-electron chi connectivity index (χ3n) is 3.28. The molecule has 0 bridgehead atoms. The molecule has 2 heterocycles. The maximum atomic E-state index is 5.30. The molecule has 0 aliphatic carbocycles. The van der Waals surface area contributed by atoms with Crippen LogP contribution < -0.4 is 16.6 Å². The van der Waals surface area contributed by atoms with Crippen molar-refractivity contribution in [3.8, 4) is 0 Å². The van der Waals surface area contributed by atoms with Crippen molar-refractivity contribution in [1.82, 2.24) is 19.8 Å². The van der Waals surface area contributed by atoms with Gasteiger partial charge in [0.2, 0.25) is 0 Å². The van der Waals surface area contributed by atoms with E-state index in [2.05, 4.69) is 44.6 Å². The summed E-state index contributed by atoms with van der Waals surface area (Å²) in [5.41, 5.74) is 2.49. The van der Waals surface area contributed by atoms with Gasteiger partial charge < -0.3 is 15.6 Å². The van der Waals surface area contributed by atoms with E-state index >= 15 is 0 Å². The monoisotopic (exact) mass is 251 g/mol. The van der Waals surface area contributed by atoms with Gasteiger partial charge in [-0.1, -0.05) is 0 Å². The Balaban J connectivity index is 1.89. The molecule has 0 spiro atoms. The number of rotatable bonds is 4. The number of nitrogens with one attached hydrogen (secondary N) is 2. The van der Waals surface area contributed by atoms with Crippen LogP contribution in [0.2, 0.25) is 0 Å². The van der Waals surface area contributed by atoms with Crippen LogP contribution in [-0.4, -0.2) is 66.1 Å². The molecule has 7 heteroatoms. The fourth-order valence-electron chi connectivity index (χ4n) is 2.06. The summed E-state index contributed by atoms with van der Waals surface area (Å²) >= 11 is 0. The SMILES string of the molecule is CN1CCN(C)C(CNc2cncc(NN)n2)C1. The van der Waals surface area contributed by atoms with Crippen LogP contribution in [0.1, 0.15) is 0 Å². The molecule has 2 rings (SSSR count). The summed E-state index contributed by atoms with van der Waals surface area (Å²) in [6, 6.07) is 0.486. The van der Waals surface area contributed by atoms with Crippen molar-refractivity contribution in [1.29, 1.82) is 0 Å². The highest BCUT2D eigenvalue weighted by Gasteiger charge is 2.21. The second-order valence-electron chi connectivity index (χ2n) is 4.71. The number of aromatic nitrogens is 2. The van der Waals surface area contributed by atoms with E-state index in [0.717, 1.165) is 32.0 Å². The highest BCUT2D eigenvalue weighted by atomic mass is 15.3. The van der Waals surface area contributed by atoms with Crippen LogP contribution in [0, 0.1) is 0 Å². The summed E-state index contributed by atoms with van der Waals surface area (Å²) in [5.74, 6) is 6.61. The molecule has 1 aliphatic heterocycles. The van der Waals surface area contributed by atoms with Crippen molar-refractivity contribution in [3.05, 3.63) is 12.4 Å². The predicted molar refractivity (Wildman–Crippen MR) is 72.2 cm³/mol. The number of anilines is 2. The fraction of sp³-hybridized carbons (Fsp3) is 0.636. The van der Waals surface area contributed by atoms with Crippen molar-refractivity contribution in [2.45, 2.75) is 6.04 Å². The van der Waals surface area contributed by atoms with Gasteiger partial charge in [0.1, 0.15) is 5.82 Å². The smallest absolute Gasteiger partial charge is 0.160 e. The first kappa shape index (κ1) is 13.0. The van der Waals surface area contributed by atoms with Crippen LogP contribution in [0.15, 0.2) is 12.4 Å². The topological polar surface area (TPSA) is 82.3 Å². The molecule has 7 nitrogen and oxygen atoms in total. The van der Waals surface area contributed by atoms with Gasteiger partial charge in [-0.25, -0.2) is 10.8 Å². The summed E-state index contributed by atoms with van der Waals surface area (Å²) in [4.78, 5) is 13.0. The van der Waals surface area contributed by atoms with E-state index < -0.39 is 0 Å². The van der Waals surface area contributed by atoms with Crippen LogP contribution in [-0.2, 0) is 0 Å². The van der Waals surface area contributed by atoms with Gasteiger partial charge in [0, 0.05) is 32.2 Å². The van der Waals surface area contributed by atoms with Crippen LogP contribution >= 0.6 is 0 Å². The molecule has 0 saturated carbocycles. The summed E-state index contributed by atoms with van der Waals surface area (Å²) in [6.07, 6.45) is 3.29. The maximum Gasteiger partial charge on any atom is 0.160 e. The Morgan fingerprint density at radius 2 is 2.11 bits per heavy atom. The number of nitrogen functional groups attached to an aromatic ring is 1. The molecule has 0 aromatic carbocycles. The molecule has 1 atom stereocenters. The number of hydrogen-bond donors (Lipinski definition) is 3. The molecule has 18 heavy (non-hydrogen) atoms. The zero-order chi connectivity index (χ0) is 13.0. The molecule has 4 N–H and O–H groups in total. The van der Waals surface area contributed by atoms with E-state index in [1.165, 1.54) is 0 Å². The Kier molecular flexibility index (Phi) is 4.29. The Hall–Kier alpha value is -1.44. The average Bonchev–Trinajstić information content (AvgIpc) is 2.40. The summed E-state index contributed by atoms with van der Waals surface area (Å²) in [6.45, 7) is 4.13. The van der Waals surface area contributed by atoms with Gasteiger partial charge in [0.15, 0.2) is 5.82 Å². The van der Waals surface area contributed by atoms with E-state index in [9.17, 15) is 0 Å². The molecule has 1 unspecified atom stereocenters. The van der Waals surface area contributed by atoms with Crippen LogP contribution in [0.4, 0.5) is 11.6 Å². The predicted octanol–water partition coefficient (Wildman–Crippen LogP) is -0.580. The van der Waals surface area contributed by atoms with Gasteiger partial charge in [-0.05, 0) is 14.1 Å². The minimum atomic E-state index is 0.486. The molecule has 100 valence electrons. The molecule has 1 fully saturated rings. The average molecular weight is 251 g/mol. The van der Waals surface area contributed by atoms with Gasteiger partial charge in [-0.15, -0.1) is 0 Å². The number of nitrogens with two attached hydrogens (primary N) is 1. The Labute approximate surface area is 107 Å². The maximum absolute atomic E-state index is 5.30. The highest BCUT2D eigenvalue weighted by molar-refractivity contribution is 5.40. The van der Waals surface area contributed by atoms with Gasteiger partial charge in [-0.3, -0.25) is 9.88 Å². The van der Waals surface area contributed by atoms with Crippen LogP contribution in [0.25, 0.3) is 0 Å². The van der Waals surface area contributed by atoms with Crippen LogP contribution in [0.5, 0.6) is 0 Å². The van der Waals surface area contributed by atoms with Crippen molar-refractivity contribution >= 4 is 11.6 Å². The molecule has 1 aliphatic rings. The van der Waals surface area contributed by atoms with Crippen molar-refractivity contribution in [3.63, 3.8) is 0 Å². The van der Waals surface area contributed by atoms with E-state index in [4.69, 9.17) is 5.84 Å². The third-order valence-corrected chi connectivity index (χ3v) is 3.28. The summed E-state index contributed by atoms with van der Waals surface area (Å²) < 4.78 is 0. The number of hydrazine groups is 1. The van der Waals surface area contributed by atoms with E-state index in [1.54, 1.807) is 12.4 Å². The lowest BCUT2D eigenvalue weighted by atomic mass is 10.2. The van der Waals surface area contributed by atoms with Crippen molar-refractivity contribution in [2.75, 3.05) is 51.0 Å². The summed E-state index contributed by atoms with van der Waals surface area (Å²) in [7, 11) is 4.31. The second kappa shape index (κ2) is 5.94. The highest BCUT2D eigenvalue weighted by Crippen LogP contribution is 2.09. The van der Waals surface area contributed by atoms with Crippen molar-refractivity contribution in [2.24, 2.45) is 5.84 Å². The summed E-state index contributed by atoms with van der Waals surface area (Å²) in [5, 5.41) is 3.30. The van der Waals surface area contributed by atoms with E-state index in [0.29, 0.717) is 11.9 Å². The van der Waals surface area contributed by atoms with Crippen molar-refractivity contribution < 1.29 is 0 Å². The van der Waals surface area contributed by atoms with Crippen LogP contribution in [0.3, 0.4) is 0 Å². The Morgan fingerprint density at radius 1 is 1.33 bits per heavy atom. The lowest BCUT2D eigenvalue weighted by Gasteiger charge is -2.37. The lowest BCUT2D eigenvalue weighted by molar-refractivity contribution is 0.122. The number of piperazine rings is 1. The largest absolute Gasteiger partial charge is 0.367 e. The Bertz CT molecular complexity index is 383. The fourth-order valence-corrected chi connectivity index (χ4v) is 2.06. The lowest BCUT2D eigenvalue weighted by Crippen LogP contribution is -2.52. The van der Waals surface area contributed by atoms with E-state index in [-0.39, 0.29) is 0 Å². The van der Waals surface area contributed by atoms with Gasteiger partial charge in [0.25, 0.3) is 0 Å². The van der Waals surface area contributed by atoms with E-state index in [1.807, 2.05) is 0 Å². The number of likely N-dealkylation sites (N-methyl/N-ethyl adjacent to an activating group) is 2. The van der Waals surface area contributed by atoms with Gasteiger partial charge in [0.05, 0.1) is 12.4 Å².